The summed E-state index contributed by atoms with van der Waals surface area (Å²) in [7, 11) is 0. The predicted molar refractivity (Wildman–Crippen MR) is 115 cm³/mol. The monoisotopic (exact) mass is 364 g/mol. The van der Waals surface area contributed by atoms with Crippen molar-refractivity contribution in [3.63, 3.8) is 0 Å². The fourth-order valence-corrected chi connectivity index (χ4v) is 2.81. The minimum Gasteiger partial charge on any atom is -0.457 e. The van der Waals surface area contributed by atoms with Crippen molar-refractivity contribution in [3.8, 4) is 23.0 Å². The summed E-state index contributed by atoms with van der Waals surface area (Å²) < 4.78 is 11.8. The standard InChI is InChI=1S/C26H20O2/c1-3-11-23(12-4-1)27-25-15-7-9-21(19-25)17-18-22-10-8-16-26(20-22)28-24-13-5-2-6-14-24/h1-20H. The Labute approximate surface area is 165 Å². The second-order valence-electron chi connectivity index (χ2n) is 6.31. The molecule has 0 aromatic heterocycles. The van der Waals surface area contributed by atoms with Gasteiger partial charge in [-0.15, -0.1) is 0 Å². The lowest BCUT2D eigenvalue weighted by molar-refractivity contribution is 0.482. The van der Waals surface area contributed by atoms with Crippen molar-refractivity contribution in [3.05, 3.63) is 120 Å². The first kappa shape index (κ1) is 17.6. The molecule has 0 unspecified atom stereocenters. The number of hydrogen-bond donors (Lipinski definition) is 0. The number of hydrogen-bond acceptors (Lipinski definition) is 2. The fourth-order valence-electron chi connectivity index (χ4n) is 2.81. The Morgan fingerprint density at radius 1 is 0.393 bits per heavy atom. The molecule has 136 valence electrons. The van der Waals surface area contributed by atoms with E-state index in [-0.39, 0.29) is 0 Å². The number of rotatable bonds is 6. The Kier molecular flexibility index (Phi) is 5.50. The zero-order valence-corrected chi connectivity index (χ0v) is 15.4. The summed E-state index contributed by atoms with van der Waals surface area (Å²) >= 11 is 0. The second kappa shape index (κ2) is 8.74. The Morgan fingerprint density at radius 3 is 1.21 bits per heavy atom. The minimum atomic E-state index is 0.814. The molecule has 0 spiro atoms. The summed E-state index contributed by atoms with van der Waals surface area (Å²) in [6.07, 6.45) is 4.14. The van der Waals surface area contributed by atoms with Gasteiger partial charge in [0.25, 0.3) is 0 Å². The van der Waals surface area contributed by atoms with E-state index in [1.54, 1.807) is 0 Å². The molecular formula is C26H20O2. The number of benzene rings is 4. The summed E-state index contributed by atoms with van der Waals surface area (Å²) in [6, 6.07) is 35.6. The molecule has 0 saturated carbocycles. The van der Waals surface area contributed by atoms with Gasteiger partial charge in [0, 0.05) is 0 Å². The van der Waals surface area contributed by atoms with E-state index >= 15 is 0 Å². The molecule has 2 nitrogen and oxygen atoms in total. The lowest BCUT2D eigenvalue weighted by Gasteiger charge is -2.07. The molecule has 0 saturated heterocycles. The SMILES string of the molecule is C(=Cc1cccc(Oc2ccccc2)c1)c1cccc(Oc2ccccc2)c1. The van der Waals surface area contributed by atoms with Crippen molar-refractivity contribution in [2.45, 2.75) is 0 Å². The van der Waals surface area contributed by atoms with Crippen LogP contribution in [0, 0.1) is 0 Å². The van der Waals surface area contributed by atoms with E-state index in [1.807, 2.05) is 97.1 Å². The van der Waals surface area contributed by atoms with Crippen LogP contribution in [0.1, 0.15) is 11.1 Å². The Balaban J connectivity index is 1.47. The highest BCUT2D eigenvalue weighted by atomic mass is 16.5. The van der Waals surface area contributed by atoms with E-state index in [2.05, 4.69) is 24.3 Å². The van der Waals surface area contributed by atoms with Gasteiger partial charge in [0.15, 0.2) is 0 Å². The third-order valence-corrected chi connectivity index (χ3v) is 4.14. The molecule has 4 aromatic rings. The molecule has 4 rings (SSSR count). The normalized spacial score (nSPS) is 10.7. The summed E-state index contributed by atoms with van der Waals surface area (Å²) in [5.74, 6) is 3.29. The van der Waals surface area contributed by atoms with E-state index in [4.69, 9.17) is 9.47 Å². The van der Waals surface area contributed by atoms with Crippen molar-refractivity contribution >= 4 is 12.2 Å². The van der Waals surface area contributed by atoms with Crippen molar-refractivity contribution in [1.29, 1.82) is 0 Å². The van der Waals surface area contributed by atoms with Crippen LogP contribution in [0.15, 0.2) is 109 Å². The van der Waals surface area contributed by atoms with Gasteiger partial charge in [-0.3, -0.25) is 0 Å². The van der Waals surface area contributed by atoms with E-state index in [0.29, 0.717) is 0 Å². The van der Waals surface area contributed by atoms with Crippen molar-refractivity contribution in [2.75, 3.05) is 0 Å². The molecular weight excluding hydrogens is 344 g/mol. The molecule has 0 aliphatic carbocycles. The van der Waals surface area contributed by atoms with Crippen LogP contribution in [0.25, 0.3) is 12.2 Å². The zero-order valence-electron chi connectivity index (χ0n) is 15.4. The van der Waals surface area contributed by atoms with Gasteiger partial charge in [-0.25, -0.2) is 0 Å². The molecule has 0 N–H and O–H groups in total. The van der Waals surface area contributed by atoms with Gasteiger partial charge in [0.05, 0.1) is 0 Å². The first-order valence-electron chi connectivity index (χ1n) is 9.19. The average molecular weight is 364 g/mol. The molecule has 0 radical (unpaired) electrons. The van der Waals surface area contributed by atoms with E-state index in [1.165, 1.54) is 0 Å². The van der Waals surface area contributed by atoms with Crippen molar-refractivity contribution in [1.82, 2.24) is 0 Å². The summed E-state index contributed by atoms with van der Waals surface area (Å²) in [5.41, 5.74) is 2.14. The molecule has 28 heavy (non-hydrogen) atoms. The number of para-hydroxylation sites is 2. The average Bonchev–Trinajstić information content (AvgIpc) is 2.74. The quantitative estimate of drug-likeness (QED) is 0.331. The lowest BCUT2D eigenvalue weighted by Crippen LogP contribution is -1.85. The van der Waals surface area contributed by atoms with Crippen LogP contribution in [0.2, 0.25) is 0 Å². The van der Waals surface area contributed by atoms with Gasteiger partial charge in [-0.2, -0.15) is 0 Å². The first-order chi connectivity index (χ1) is 13.8. The second-order valence-corrected chi connectivity index (χ2v) is 6.31. The molecule has 0 heterocycles. The van der Waals surface area contributed by atoms with Crippen molar-refractivity contribution in [2.24, 2.45) is 0 Å². The van der Waals surface area contributed by atoms with Crippen LogP contribution in [-0.2, 0) is 0 Å². The van der Waals surface area contributed by atoms with Crippen molar-refractivity contribution < 1.29 is 9.47 Å². The maximum Gasteiger partial charge on any atom is 0.128 e. The molecule has 0 aliphatic rings. The van der Waals surface area contributed by atoms with Crippen LogP contribution in [-0.4, -0.2) is 0 Å². The maximum atomic E-state index is 5.90. The van der Waals surface area contributed by atoms with Gasteiger partial charge in [-0.05, 0) is 59.7 Å². The van der Waals surface area contributed by atoms with Gasteiger partial charge >= 0.3 is 0 Å². The third-order valence-electron chi connectivity index (χ3n) is 4.14. The number of ether oxygens (including phenoxy) is 2. The minimum absolute atomic E-state index is 0.814. The molecule has 0 amide bonds. The van der Waals surface area contributed by atoms with Crippen LogP contribution in [0.5, 0.6) is 23.0 Å². The molecule has 0 fully saturated rings. The molecule has 0 aliphatic heterocycles. The van der Waals surface area contributed by atoms with Gasteiger partial charge < -0.3 is 9.47 Å². The molecule has 0 atom stereocenters. The van der Waals surface area contributed by atoms with Crippen LogP contribution in [0.4, 0.5) is 0 Å². The highest BCUT2D eigenvalue weighted by Crippen LogP contribution is 2.24. The van der Waals surface area contributed by atoms with Crippen LogP contribution >= 0.6 is 0 Å². The highest BCUT2D eigenvalue weighted by Gasteiger charge is 1.99. The first-order valence-corrected chi connectivity index (χ1v) is 9.19. The summed E-state index contributed by atoms with van der Waals surface area (Å²) in [4.78, 5) is 0. The highest BCUT2D eigenvalue weighted by molar-refractivity contribution is 5.70. The smallest absolute Gasteiger partial charge is 0.128 e. The largest absolute Gasteiger partial charge is 0.457 e. The van der Waals surface area contributed by atoms with Gasteiger partial charge in [0.1, 0.15) is 23.0 Å². The lowest BCUT2D eigenvalue weighted by atomic mass is 10.1. The van der Waals surface area contributed by atoms with E-state index in [9.17, 15) is 0 Å². The van der Waals surface area contributed by atoms with Crippen LogP contribution in [0.3, 0.4) is 0 Å². The van der Waals surface area contributed by atoms with E-state index < -0.39 is 0 Å². The fraction of sp³-hybridized carbons (Fsp3) is 0. The van der Waals surface area contributed by atoms with Gasteiger partial charge in [-0.1, -0.05) is 72.8 Å². The maximum absolute atomic E-state index is 5.90. The Hall–Kier alpha value is -3.78. The topological polar surface area (TPSA) is 18.5 Å². The predicted octanol–water partition coefficient (Wildman–Crippen LogP) is 7.44. The summed E-state index contributed by atoms with van der Waals surface area (Å²) in [5, 5.41) is 0. The summed E-state index contributed by atoms with van der Waals surface area (Å²) in [6.45, 7) is 0. The van der Waals surface area contributed by atoms with Crippen LogP contribution < -0.4 is 9.47 Å². The third kappa shape index (κ3) is 4.89. The van der Waals surface area contributed by atoms with Gasteiger partial charge in [0.2, 0.25) is 0 Å². The molecule has 2 heteroatoms. The van der Waals surface area contributed by atoms with E-state index in [0.717, 1.165) is 34.1 Å². The Bertz CT molecular complexity index is 967. The molecule has 4 aromatic carbocycles. The molecule has 0 bridgehead atoms. The zero-order chi connectivity index (χ0) is 19.0. The Morgan fingerprint density at radius 2 is 0.786 bits per heavy atom.